The second-order valence-corrected chi connectivity index (χ2v) is 6.15. The van der Waals surface area contributed by atoms with Gasteiger partial charge in [-0.2, -0.15) is 0 Å². The Morgan fingerprint density at radius 2 is 1.92 bits per heavy atom. The lowest BCUT2D eigenvalue weighted by molar-refractivity contribution is -0.120. The quantitative estimate of drug-likeness (QED) is 0.847. The highest BCUT2D eigenvalue weighted by Gasteiger charge is 2.45. The molecule has 2 atom stereocenters. The van der Waals surface area contributed by atoms with E-state index in [4.69, 9.17) is 0 Å². The van der Waals surface area contributed by atoms with Crippen LogP contribution in [0.3, 0.4) is 0 Å². The SMILES string of the molecule is O=C(c1cnccn1)N1CC[C@H]2[C@@H]1CCC(=O)N2c1ccccc1. The summed E-state index contributed by atoms with van der Waals surface area (Å²) in [7, 11) is 0. The summed E-state index contributed by atoms with van der Waals surface area (Å²) in [5, 5.41) is 0. The van der Waals surface area contributed by atoms with Gasteiger partial charge >= 0.3 is 0 Å². The van der Waals surface area contributed by atoms with Gasteiger partial charge in [0, 0.05) is 31.0 Å². The fourth-order valence-electron chi connectivity index (χ4n) is 3.80. The van der Waals surface area contributed by atoms with Crippen molar-refractivity contribution in [1.82, 2.24) is 14.9 Å². The minimum absolute atomic E-state index is 0.0364. The Hall–Kier alpha value is -2.76. The van der Waals surface area contributed by atoms with Crippen LogP contribution < -0.4 is 4.90 Å². The van der Waals surface area contributed by atoms with Crippen LogP contribution in [0.15, 0.2) is 48.9 Å². The van der Waals surface area contributed by atoms with E-state index in [1.54, 1.807) is 6.20 Å². The molecule has 6 nitrogen and oxygen atoms in total. The van der Waals surface area contributed by atoms with Gasteiger partial charge in [-0.25, -0.2) is 4.98 Å². The number of anilines is 1. The number of benzene rings is 1. The van der Waals surface area contributed by atoms with Gasteiger partial charge in [-0.3, -0.25) is 14.6 Å². The van der Waals surface area contributed by atoms with Crippen LogP contribution >= 0.6 is 0 Å². The minimum Gasteiger partial charge on any atom is -0.332 e. The van der Waals surface area contributed by atoms with Gasteiger partial charge in [0.1, 0.15) is 5.69 Å². The lowest BCUT2D eigenvalue weighted by Gasteiger charge is -2.39. The van der Waals surface area contributed by atoms with E-state index in [2.05, 4.69) is 9.97 Å². The van der Waals surface area contributed by atoms with Crippen molar-refractivity contribution < 1.29 is 9.59 Å². The van der Waals surface area contributed by atoms with E-state index in [0.717, 1.165) is 12.1 Å². The first-order valence-electron chi connectivity index (χ1n) is 8.20. The van der Waals surface area contributed by atoms with Gasteiger partial charge in [-0.1, -0.05) is 18.2 Å². The Balaban J connectivity index is 1.61. The normalized spacial score (nSPS) is 23.2. The number of piperidine rings is 1. The molecule has 3 heterocycles. The average molecular weight is 322 g/mol. The Morgan fingerprint density at radius 3 is 2.67 bits per heavy atom. The van der Waals surface area contributed by atoms with Crippen LogP contribution in [0, 0.1) is 0 Å². The Kier molecular flexibility index (Phi) is 3.72. The van der Waals surface area contributed by atoms with Crippen molar-refractivity contribution in [3.05, 3.63) is 54.6 Å². The van der Waals surface area contributed by atoms with Gasteiger partial charge in [-0.05, 0) is 25.0 Å². The maximum atomic E-state index is 12.7. The first-order valence-corrected chi connectivity index (χ1v) is 8.20. The van der Waals surface area contributed by atoms with E-state index in [-0.39, 0.29) is 23.9 Å². The summed E-state index contributed by atoms with van der Waals surface area (Å²) in [5.41, 5.74) is 1.27. The van der Waals surface area contributed by atoms with Crippen molar-refractivity contribution in [3.8, 4) is 0 Å². The van der Waals surface area contributed by atoms with Gasteiger partial charge in [0.05, 0.1) is 18.3 Å². The molecule has 0 N–H and O–H groups in total. The standard InChI is InChI=1S/C18H18N4O2/c23-17-7-6-15-16(22(17)13-4-2-1-3-5-13)8-11-21(15)18(24)14-12-19-9-10-20-14/h1-5,9-10,12,15-16H,6-8,11H2/t15-,16-/m0/s1. The predicted molar refractivity (Wildman–Crippen MR) is 88.4 cm³/mol. The molecule has 4 rings (SSSR count). The van der Waals surface area contributed by atoms with Gasteiger partial charge in [0.2, 0.25) is 5.91 Å². The maximum absolute atomic E-state index is 12.7. The third kappa shape index (κ3) is 2.44. The molecule has 1 aromatic carbocycles. The number of carbonyl (C=O) groups is 2. The highest BCUT2D eigenvalue weighted by molar-refractivity contribution is 5.97. The average Bonchev–Trinajstić information content (AvgIpc) is 3.06. The Morgan fingerprint density at radius 1 is 1.08 bits per heavy atom. The van der Waals surface area contributed by atoms with Crippen LogP contribution in [0.25, 0.3) is 0 Å². The van der Waals surface area contributed by atoms with Crippen molar-refractivity contribution in [2.24, 2.45) is 0 Å². The summed E-state index contributed by atoms with van der Waals surface area (Å²) in [6, 6.07) is 9.79. The van der Waals surface area contributed by atoms with Crippen LogP contribution in [0.1, 0.15) is 29.8 Å². The molecular formula is C18H18N4O2. The monoisotopic (exact) mass is 322 g/mol. The van der Waals surface area contributed by atoms with Crippen molar-refractivity contribution in [2.45, 2.75) is 31.3 Å². The van der Waals surface area contributed by atoms with Crippen LogP contribution in [0.5, 0.6) is 0 Å². The zero-order valence-electron chi connectivity index (χ0n) is 13.2. The molecule has 2 saturated heterocycles. The Labute approximate surface area is 140 Å². The predicted octanol–water partition coefficient (Wildman–Crippen LogP) is 1.89. The van der Waals surface area contributed by atoms with Crippen LogP contribution in [0.2, 0.25) is 0 Å². The molecule has 0 unspecified atom stereocenters. The van der Waals surface area contributed by atoms with E-state index in [1.165, 1.54) is 12.4 Å². The number of amides is 2. The fraction of sp³-hybridized carbons (Fsp3) is 0.333. The van der Waals surface area contributed by atoms with Crippen LogP contribution in [-0.2, 0) is 4.79 Å². The third-order valence-electron chi connectivity index (χ3n) is 4.84. The third-order valence-corrected chi connectivity index (χ3v) is 4.84. The molecule has 2 aliphatic heterocycles. The van der Waals surface area contributed by atoms with Crippen molar-refractivity contribution in [1.29, 1.82) is 0 Å². The molecule has 6 heteroatoms. The number of aromatic nitrogens is 2. The summed E-state index contributed by atoms with van der Waals surface area (Å²) in [6.07, 6.45) is 6.54. The lowest BCUT2D eigenvalue weighted by atomic mass is 9.95. The van der Waals surface area contributed by atoms with E-state index < -0.39 is 0 Å². The Bertz CT molecular complexity index is 750. The number of likely N-dealkylation sites (tertiary alicyclic amines) is 1. The van der Waals surface area contributed by atoms with Crippen molar-refractivity contribution in [3.63, 3.8) is 0 Å². The van der Waals surface area contributed by atoms with Gasteiger partial charge in [0.15, 0.2) is 0 Å². The second-order valence-electron chi connectivity index (χ2n) is 6.15. The number of para-hydroxylation sites is 1. The van der Waals surface area contributed by atoms with Gasteiger partial charge in [-0.15, -0.1) is 0 Å². The molecular weight excluding hydrogens is 304 g/mol. The number of fused-ring (bicyclic) bond motifs is 1. The molecule has 0 bridgehead atoms. The topological polar surface area (TPSA) is 66.4 Å². The number of nitrogens with zero attached hydrogens (tertiary/aromatic N) is 4. The molecule has 2 amide bonds. The molecule has 0 spiro atoms. The summed E-state index contributed by atoms with van der Waals surface area (Å²) < 4.78 is 0. The van der Waals surface area contributed by atoms with Crippen LogP contribution in [-0.4, -0.2) is 45.3 Å². The lowest BCUT2D eigenvalue weighted by Crippen LogP contribution is -2.53. The van der Waals surface area contributed by atoms with Crippen molar-refractivity contribution in [2.75, 3.05) is 11.4 Å². The summed E-state index contributed by atoms with van der Waals surface area (Å²) in [5.74, 6) is 0.0363. The highest BCUT2D eigenvalue weighted by Crippen LogP contribution is 2.35. The summed E-state index contributed by atoms with van der Waals surface area (Å²) >= 11 is 0. The van der Waals surface area contributed by atoms with Gasteiger partial charge < -0.3 is 9.80 Å². The molecule has 0 saturated carbocycles. The molecule has 122 valence electrons. The zero-order valence-corrected chi connectivity index (χ0v) is 13.2. The van der Waals surface area contributed by atoms with Gasteiger partial charge in [0.25, 0.3) is 5.91 Å². The second kappa shape index (κ2) is 6.03. The largest absolute Gasteiger partial charge is 0.332 e. The molecule has 0 radical (unpaired) electrons. The number of rotatable bonds is 2. The van der Waals surface area contributed by atoms with E-state index >= 15 is 0 Å². The number of hydrogen-bond donors (Lipinski definition) is 0. The summed E-state index contributed by atoms with van der Waals surface area (Å²) in [6.45, 7) is 0.640. The zero-order chi connectivity index (χ0) is 16.5. The van der Waals surface area contributed by atoms with Crippen molar-refractivity contribution >= 4 is 17.5 Å². The van der Waals surface area contributed by atoms with E-state index in [0.29, 0.717) is 25.1 Å². The maximum Gasteiger partial charge on any atom is 0.274 e. The summed E-state index contributed by atoms with van der Waals surface area (Å²) in [4.78, 5) is 37.1. The molecule has 1 aromatic heterocycles. The van der Waals surface area contributed by atoms with E-state index in [1.807, 2.05) is 40.1 Å². The molecule has 0 aliphatic carbocycles. The molecule has 2 aliphatic rings. The number of hydrogen-bond acceptors (Lipinski definition) is 4. The molecule has 24 heavy (non-hydrogen) atoms. The minimum atomic E-state index is -0.0991. The smallest absolute Gasteiger partial charge is 0.274 e. The molecule has 2 fully saturated rings. The fourth-order valence-corrected chi connectivity index (χ4v) is 3.80. The highest BCUT2D eigenvalue weighted by atomic mass is 16.2. The molecule has 2 aromatic rings. The number of carbonyl (C=O) groups excluding carboxylic acids is 2. The first kappa shape index (κ1) is 14.8. The van der Waals surface area contributed by atoms with E-state index in [9.17, 15) is 9.59 Å². The van der Waals surface area contributed by atoms with Crippen LogP contribution in [0.4, 0.5) is 5.69 Å². The first-order chi connectivity index (χ1) is 11.8.